The summed E-state index contributed by atoms with van der Waals surface area (Å²) in [4.78, 5) is 2.74. The summed E-state index contributed by atoms with van der Waals surface area (Å²) in [6.07, 6.45) is 0.963. The van der Waals surface area contributed by atoms with Crippen LogP contribution in [0.4, 0.5) is 0 Å². The fraction of sp³-hybridized carbons (Fsp3) is 0.412. The molecule has 2 aromatic rings. The summed E-state index contributed by atoms with van der Waals surface area (Å²) in [7, 11) is 3.33. The third kappa shape index (κ3) is 4.48. The van der Waals surface area contributed by atoms with Crippen molar-refractivity contribution >= 4 is 11.3 Å². The van der Waals surface area contributed by atoms with Crippen molar-refractivity contribution in [1.29, 1.82) is 0 Å². The molecule has 2 rings (SSSR count). The van der Waals surface area contributed by atoms with Crippen LogP contribution in [0.1, 0.15) is 22.2 Å². The molecule has 21 heavy (non-hydrogen) atoms. The molecule has 1 aromatic heterocycles. The van der Waals surface area contributed by atoms with Crippen molar-refractivity contribution in [3.05, 3.63) is 45.6 Å². The molecule has 0 aliphatic carbocycles. The van der Waals surface area contributed by atoms with Crippen molar-refractivity contribution in [2.45, 2.75) is 32.9 Å². The van der Waals surface area contributed by atoms with E-state index in [2.05, 4.69) is 37.4 Å². The molecule has 0 spiro atoms. The summed E-state index contributed by atoms with van der Waals surface area (Å²) < 4.78 is 10.6. The van der Waals surface area contributed by atoms with Crippen LogP contribution < -0.4 is 14.8 Å². The number of aryl methyl sites for hydroxylation is 1. The summed E-state index contributed by atoms with van der Waals surface area (Å²) in [6.45, 7) is 5.27. The van der Waals surface area contributed by atoms with Crippen LogP contribution in [0.3, 0.4) is 0 Å². The van der Waals surface area contributed by atoms with Gasteiger partial charge in [0.05, 0.1) is 14.2 Å². The minimum Gasteiger partial charge on any atom is -0.493 e. The van der Waals surface area contributed by atoms with Crippen molar-refractivity contribution in [2.75, 3.05) is 14.2 Å². The van der Waals surface area contributed by atoms with Gasteiger partial charge in [0.25, 0.3) is 0 Å². The molecular formula is C17H23NO2S. The smallest absolute Gasteiger partial charge is 0.160 e. The quantitative estimate of drug-likeness (QED) is 0.844. The maximum absolute atomic E-state index is 5.35. The van der Waals surface area contributed by atoms with E-state index in [1.165, 1.54) is 15.3 Å². The summed E-state index contributed by atoms with van der Waals surface area (Å²) in [5.74, 6) is 1.56. The van der Waals surface area contributed by atoms with Crippen molar-refractivity contribution in [2.24, 2.45) is 0 Å². The average molecular weight is 305 g/mol. The van der Waals surface area contributed by atoms with Gasteiger partial charge in [-0.05, 0) is 50.1 Å². The monoisotopic (exact) mass is 305 g/mol. The Morgan fingerprint density at radius 2 is 1.86 bits per heavy atom. The van der Waals surface area contributed by atoms with Crippen molar-refractivity contribution in [3.8, 4) is 11.5 Å². The van der Waals surface area contributed by atoms with Gasteiger partial charge in [-0.15, -0.1) is 11.3 Å². The number of hydrogen-bond acceptors (Lipinski definition) is 4. The number of ether oxygens (including phenoxy) is 2. The first-order chi connectivity index (χ1) is 10.1. The van der Waals surface area contributed by atoms with Gasteiger partial charge >= 0.3 is 0 Å². The topological polar surface area (TPSA) is 30.5 Å². The van der Waals surface area contributed by atoms with E-state index in [-0.39, 0.29) is 0 Å². The molecule has 0 saturated carbocycles. The van der Waals surface area contributed by atoms with Gasteiger partial charge in [0.1, 0.15) is 0 Å². The van der Waals surface area contributed by atoms with Crippen LogP contribution in [-0.4, -0.2) is 20.3 Å². The van der Waals surface area contributed by atoms with E-state index >= 15 is 0 Å². The first-order valence-corrected chi connectivity index (χ1v) is 7.93. The molecule has 0 amide bonds. The van der Waals surface area contributed by atoms with E-state index in [0.29, 0.717) is 6.04 Å². The SMILES string of the molecule is COc1ccc(CC(C)NCc2ccc(C)s2)cc1OC. The number of rotatable bonds is 7. The highest BCUT2D eigenvalue weighted by atomic mass is 32.1. The zero-order chi connectivity index (χ0) is 15.2. The second kappa shape index (κ2) is 7.48. The molecule has 3 nitrogen and oxygen atoms in total. The van der Waals surface area contributed by atoms with Gasteiger partial charge in [-0.25, -0.2) is 0 Å². The molecule has 1 N–H and O–H groups in total. The molecule has 114 valence electrons. The molecule has 1 heterocycles. The molecule has 1 unspecified atom stereocenters. The summed E-state index contributed by atoms with van der Waals surface area (Å²) >= 11 is 1.85. The summed E-state index contributed by atoms with van der Waals surface area (Å²) in [5.41, 5.74) is 1.25. The fourth-order valence-electron chi connectivity index (χ4n) is 2.29. The highest BCUT2D eigenvalue weighted by Crippen LogP contribution is 2.28. The Kier molecular flexibility index (Phi) is 5.65. The predicted octanol–water partition coefficient (Wildman–Crippen LogP) is 3.79. The molecule has 0 bridgehead atoms. The van der Waals surface area contributed by atoms with E-state index in [9.17, 15) is 0 Å². The lowest BCUT2D eigenvalue weighted by Crippen LogP contribution is -2.27. The molecule has 0 radical (unpaired) electrons. The number of nitrogens with one attached hydrogen (secondary N) is 1. The van der Waals surface area contributed by atoms with Crippen molar-refractivity contribution in [1.82, 2.24) is 5.32 Å². The minimum absolute atomic E-state index is 0.408. The second-order valence-electron chi connectivity index (χ2n) is 5.19. The zero-order valence-electron chi connectivity index (χ0n) is 13.1. The molecule has 0 aliphatic heterocycles. The average Bonchev–Trinajstić information content (AvgIpc) is 2.90. The van der Waals surface area contributed by atoms with Gasteiger partial charge in [-0.3, -0.25) is 0 Å². The van der Waals surface area contributed by atoms with Gasteiger partial charge in [-0.1, -0.05) is 6.07 Å². The number of hydrogen-bond donors (Lipinski definition) is 1. The number of thiophene rings is 1. The Morgan fingerprint density at radius 3 is 2.48 bits per heavy atom. The normalized spacial score (nSPS) is 12.2. The van der Waals surface area contributed by atoms with E-state index in [4.69, 9.17) is 9.47 Å². The summed E-state index contributed by atoms with van der Waals surface area (Å²) in [6, 6.07) is 10.9. The largest absolute Gasteiger partial charge is 0.493 e. The van der Waals surface area contributed by atoms with Crippen LogP contribution in [0.2, 0.25) is 0 Å². The first-order valence-electron chi connectivity index (χ1n) is 7.12. The van der Waals surface area contributed by atoms with Gasteiger partial charge in [-0.2, -0.15) is 0 Å². The summed E-state index contributed by atoms with van der Waals surface area (Å²) in [5, 5.41) is 3.57. The van der Waals surface area contributed by atoms with Crippen molar-refractivity contribution in [3.63, 3.8) is 0 Å². The van der Waals surface area contributed by atoms with Gasteiger partial charge in [0, 0.05) is 22.3 Å². The predicted molar refractivity (Wildman–Crippen MR) is 88.6 cm³/mol. The Balaban J connectivity index is 1.91. The first kappa shape index (κ1) is 15.9. The third-order valence-corrected chi connectivity index (χ3v) is 4.41. The highest BCUT2D eigenvalue weighted by molar-refractivity contribution is 7.11. The van der Waals surface area contributed by atoms with Gasteiger partial charge in [0.2, 0.25) is 0 Å². The van der Waals surface area contributed by atoms with Crippen molar-refractivity contribution < 1.29 is 9.47 Å². The number of methoxy groups -OCH3 is 2. The van der Waals surface area contributed by atoms with Gasteiger partial charge in [0.15, 0.2) is 11.5 Å². The van der Waals surface area contributed by atoms with Crippen LogP contribution in [-0.2, 0) is 13.0 Å². The fourth-order valence-corrected chi connectivity index (χ4v) is 3.13. The molecule has 0 saturated heterocycles. The lowest BCUT2D eigenvalue weighted by molar-refractivity contribution is 0.354. The second-order valence-corrected chi connectivity index (χ2v) is 6.56. The molecule has 0 aliphatic rings. The number of benzene rings is 1. The minimum atomic E-state index is 0.408. The van der Waals surface area contributed by atoms with Crippen LogP contribution in [0.25, 0.3) is 0 Å². The third-order valence-electron chi connectivity index (χ3n) is 3.41. The van der Waals surface area contributed by atoms with E-state index < -0.39 is 0 Å². The maximum Gasteiger partial charge on any atom is 0.160 e. The highest BCUT2D eigenvalue weighted by Gasteiger charge is 2.08. The van der Waals surface area contributed by atoms with Crippen LogP contribution >= 0.6 is 11.3 Å². The molecule has 1 aromatic carbocycles. The Labute approximate surface area is 130 Å². The van der Waals surface area contributed by atoms with Crippen LogP contribution in [0, 0.1) is 6.92 Å². The van der Waals surface area contributed by atoms with Crippen LogP contribution in [0.5, 0.6) is 11.5 Å². The lowest BCUT2D eigenvalue weighted by atomic mass is 10.1. The maximum atomic E-state index is 5.35. The molecular weight excluding hydrogens is 282 g/mol. The Bertz CT molecular complexity index is 580. The Hall–Kier alpha value is -1.52. The molecule has 1 atom stereocenters. The van der Waals surface area contributed by atoms with E-state index in [1.807, 2.05) is 23.5 Å². The zero-order valence-corrected chi connectivity index (χ0v) is 13.9. The molecule has 4 heteroatoms. The van der Waals surface area contributed by atoms with E-state index in [0.717, 1.165) is 24.5 Å². The van der Waals surface area contributed by atoms with Gasteiger partial charge < -0.3 is 14.8 Å². The standard InChI is InChI=1S/C17H23NO2S/c1-12(18-11-15-7-5-13(2)21-15)9-14-6-8-16(19-3)17(10-14)20-4/h5-8,10,12,18H,9,11H2,1-4H3. The molecule has 0 fully saturated rings. The van der Waals surface area contributed by atoms with E-state index in [1.54, 1.807) is 14.2 Å². The Morgan fingerprint density at radius 1 is 1.10 bits per heavy atom. The lowest BCUT2D eigenvalue weighted by Gasteiger charge is -2.15. The van der Waals surface area contributed by atoms with Crippen LogP contribution in [0.15, 0.2) is 30.3 Å².